The summed E-state index contributed by atoms with van der Waals surface area (Å²) in [6.07, 6.45) is 18.3. The predicted octanol–water partition coefficient (Wildman–Crippen LogP) is 7.97. The van der Waals surface area contributed by atoms with Gasteiger partial charge in [0.25, 0.3) is 0 Å². The Labute approximate surface area is 207 Å². The summed E-state index contributed by atoms with van der Waals surface area (Å²) >= 11 is -1.64. The van der Waals surface area contributed by atoms with Crippen molar-refractivity contribution in [2.45, 2.75) is 125 Å². The molecular formula is C25H55AsO6P. The number of methoxy groups -OCH3 is 1. The molecule has 0 spiro atoms. The van der Waals surface area contributed by atoms with Gasteiger partial charge < -0.3 is 0 Å². The van der Waals surface area contributed by atoms with E-state index in [0.717, 1.165) is 11.6 Å². The molecule has 0 fully saturated rings. The van der Waals surface area contributed by atoms with E-state index in [1.807, 2.05) is 0 Å². The molecule has 1 N–H and O–H groups in total. The van der Waals surface area contributed by atoms with Crippen LogP contribution in [-0.2, 0) is 23.1 Å². The van der Waals surface area contributed by atoms with E-state index in [1.165, 1.54) is 83.5 Å². The van der Waals surface area contributed by atoms with Crippen molar-refractivity contribution in [3.05, 3.63) is 0 Å². The van der Waals surface area contributed by atoms with Gasteiger partial charge in [-0.05, 0) is 0 Å². The first-order valence-electron chi connectivity index (χ1n) is 13.2. The molecule has 33 heavy (non-hydrogen) atoms. The average Bonchev–Trinajstić information content (AvgIpc) is 2.74. The van der Waals surface area contributed by atoms with Crippen LogP contribution in [-0.4, -0.2) is 58.1 Å². The van der Waals surface area contributed by atoms with Gasteiger partial charge in [-0.2, -0.15) is 0 Å². The van der Waals surface area contributed by atoms with Gasteiger partial charge in [-0.25, -0.2) is 0 Å². The number of hydrogen-bond donors (Lipinski definition) is 1. The van der Waals surface area contributed by atoms with Crippen LogP contribution in [0.2, 0.25) is 22.3 Å². The predicted molar refractivity (Wildman–Crippen MR) is 142 cm³/mol. The van der Waals surface area contributed by atoms with Crippen LogP contribution in [0.25, 0.3) is 0 Å². The van der Waals surface area contributed by atoms with Crippen LogP contribution < -0.4 is 0 Å². The maximum absolute atomic E-state index is 12.0. The number of ether oxygens (including phenoxy) is 2. The van der Waals surface area contributed by atoms with Crippen LogP contribution in [0.3, 0.4) is 0 Å². The zero-order valence-electron chi connectivity index (χ0n) is 22.4. The molecule has 201 valence electrons. The molecule has 0 saturated carbocycles. The SMILES string of the molecule is CCCCCCCCCCCCCCCCOCC(COP(=O)(O)OCC[As](C)(C)C)OC. The quantitative estimate of drug-likeness (QED) is 0.0697. The van der Waals surface area contributed by atoms with Gasteiger partial charge in [-0.3, -0.25) is 0 Å². The summed E-state index contributed by atoms with van der Waals surface area (Å²) in [5, 5.41) is 0.849. The number of rotatable bonds is 25. The second-order valence-electron chi connectivity index (χ2n) is 10.1. The fourth-order valence-electron chi connectivity index (χ4n) is 3.44. The monoisotopic (exact) mass is 557 g/mol. The standard InChI is InChI=1S/C25H55AsO6P/c1-6-7-8-9-10-11-12-13-14-15-16-17-18-19-21-30-23-25(29-5)24-32-33(27,28)31-22-20-26(2,3)4/h25H,6-24H2,1-5H3,(H,27,28). The molecule has 0 aromatic rings. The van der Waals surface area contributed by atoms with Gasteiger partial charge in [-0.15, -0.1) is 0 Å². The Morgan fingerprint density at radius 1 is 0.727 bits per heavy atom. The summed E-state index contributed by atoms with van der Waals surface area (Å²) in [4.78, 5) is 9.80. The molecule has 2 unspecified atom stereocenters. The first kappa shape index (κ1) is 33.6. The molecule has 0 heterocycles. The normalized spacial score (nSPS) is 15.0. The molecule has 0 aliphatic rings. The van der Waals surface area contributed by atoms with E-state index in [0.29, 0.717) is 13.2 Å². The third-order valence-electron chi connectivity index (χ3n) is 5.72. The van der Waals surface area contributed by atoms with Gasteiger partial charge in [0, 0.05) is 0 Å². The number of phosphoric acid groups is 1. The minimum absolute atomic E-state index is 0.0152. The van der Waals surface area contributed by atoms with Crippen molar-refractivity contribution in [3.8, 4) is 0 Å². The number of phosphoric ester groups is 1. The van der Waals surface area contributed by atoms with E-state index < -0.39 is 21.4 Å². The summed E-state index contributed by atoms with van der Waals surface area (Å²) in [7, 11) is -2.47. The molecular weight excluding hydrogens is 502 g/mol. The van der Waals surface area contributed by atoms with E-state index in [4.69, 9.17) is 18.5 Å². The molecule has 0 aliphatic carbocycles. The molecule has 1 radical (unpaired) electrons. The van der Waals surface area contributed by atoms with Crippen molar-refractivity contribution < 1.29 is 28.0 Å². The topological polar surface area (TPSA) is 74.2 Å². The van der Waals surface area contributed by atoms with Crippen LogP contribution in [0.15, 0.2) is 0 Å². The number of unbranched alkanes of at least 4 members (excludes halogenated alkanes) is 13. The van der Waals surface area contributed by atoms with E-state index in [9.17, 15) is 9.46 Å². The fourth-order valence-corrected chi connectivity index (χ4v) is 5.85. The Morgan fingerprint density at radius 3 is 1.67 bits per heavy atom. The van der Waals surface area contributed by atoms with Crippen molar-refractivity contribution in [2.75, 3.05) is 33.5 Å². The molecule has 0 bridgehead atoms. The summed E-state index contributed by atoms with van der Waals surface area (Å²) in [5.41, 5.74) is 6.67. The molecule has 0 saturated heterocycles. The first-order chi connectivity index (χ1) is 15.7. The third kappa shape index (κ3) is 25.5. The number of hydrogen-bond acceptors (Lipinski definition) is 5. The molecule has 0 aromatic carbocycles. The molecule has 0 aromatic heterocycles. The van der Waals surface area contributed by atoms with Gasteiger partial charge in [0.1, 0.15) is 0 Å². The molecule has 8 heteroatoms. The zero-order valence-corrected chi connectivity index (χ0v) is 25.2. The average molecular weight is 558 g/mol. The van der Waals surface area contributed by atoms with E-state index >= 15 is 0 Å². The van der Waals surface area contributed by atoms with Crippen molar-refractivity contribution in [3.63, 3.8) is 0 Å². The van der Waals surface area contributed by atoms with Crippen molar-refractivity contribution >= 4 is 21.4 Å². The van der Waals surface area contributed by atoms with E-state index in [1.54, 1.807) is 7.11 Å². The molecule has 2 atom stereocenters. The van der Waals surface area contributed by atoms with Gasteiger partial charge in [0.2, 0.25) is 0 Å². The summed E-state index contributed by atoms with van der Waals surface area (Å²) < 4.78 is 33.1. The summed E-state index contributed by atoms with van der Waals surface area (Å²) in [6.45, 7) is 3.55. The van der Waals surface area contributed by atoms with Gasteiger partial charge in [0.15, 0.2) is 0 Å². The van der Waals surface area contributed by atoms with Crippen molar-refractivity contribution in [1.82, 2.24) is 0 Å². The van der Waals surface area contributed by atoms with Crippen LogP contribution >= 0.6 is 7.82 Å². The van der Waals surface area contributed by atoms with Crippen LogP contribution in [0, 0.1) is 0 Å². The van der Waals surface area contributed by atoms with Crippen molar-refractivity contribution in [1.29, 1.82) is 0 Å². The third-order valence-corrected chi connectivity index (χ3v) is 9.90. The Morgan fingerprint density at radius 2 is 1.21 bits per heavy atom. The maximum atomic E-state index is 12.0. The van der Waals surface area contributed by atoms with Crippen LogP contribution in [0.1, 0.15) is 96.8 Å². The summed E-state index contributed by atoms with van der Waals surface area (Å²) in [6, 6.07) is 0. The zero-order chi connectivity index (χ0) is 24.8. The van der Waals surface area contributed by atoms with Crippen LogP contribution in [0.5, 0.6) is 0 Å². The van der Waals surface area contributed by atoms with Gasteiger partial charge >= 0.3 is 124 Å². The second-order valence-corrected chi connectivity index (χ2v) is 22.1. The second kappa shape index (κ2) is 21.8. The molecule has 6 nitrogen and oxygen atoms in total. The Kier molecular flexibility index (Phi) is 22.2. The Balaban J connectivity index is 3.53. The van der Waals surface area contributed by atoms with E-state index in [-0.39, 0.29) is 19.3 Å². The Hall–Kier alpha value is 0.588. The van der Waals surface area contributed by atoms with Crippen molar-refractivity contribution in [2.24, 2.45) is 0 Å². The minimum atomic E-state index is -4.03. The molecule has 0 aliphatic heterocycles. The first-order valence-corrected chi connectivity index (χ1v) is 21.7. The molecule has 0 rings (SSSR count). The van der Waals surface area contributed by atoms with Gasteiger partial charge in [0.05, 0.1) is 0 Å². The van der Waals surface area contributed by atoms with Crippen LogP contribution in [0.4, 0.5) is 0 Å². The Bertz CT molecular complexity index is 472. The fraction of sp³-hybridized carbons (Fsp3) is 1.00. The summed E-state index contributed by atoms with van der Waals surface area (Å²) in [5.74, 6) is 0. The molecule has 0 amide bonds. The van der Waals surface area contributed by atoms with E-state index in [2.05, 4.69) is 24.1 Å². The van der Waals surface area contributed by atoms with Gasteiger partial charge in [-0.1, -0.05) is 84.0 Å².